The average Bonchev–Trinajstić information content (AvgIpc) is 2.36. The fraction of sp³-hybridized carbons (Fsp3) is 0.933. The Kier molecular flexibility index (Phi) is 5.66. The number of hydrogen-bond donors (Lipinski definition) is 1. The largest absolute Gasteiger partial charge is 0.447 e. The van der Waals surface area contributed by atoms with Gasteiger partial charge in [0.15, 0.2) is 0 Å². The molecule has 0 spiro atoms. The first-order valence-electron chi connectivity index (χ1n) is 7.68. The number of carbonyl (C=O) groups is 1. The topological polar surface area (TPSA) is 56.8 Å². The average molecular weight is 285 g/mol. The van der Waals surface area contributed by atoms with Crippen molar-refractivity contribution in [1.82, 2.24) is 5.32 Å². The first kappa shape index (κ1) is 15.6. The van der Waals surface area contributed by atoms with E-state index < -0.39 is 6.09 Å². The molecule has 1 N–H and O–H groups in total. The van der Waals surface area contributed by atoms with Gasteiger partial charge in [-0.3, -0.25) is 0 Å². The minimum Gasteiger partial charge on any atom is -0.447 e. The van der Waals surface area contributed by atoms with Gasteiger partial charge in [-0.25, -0.2) is 4.79 Å². The molecule has 0 aromatic heterocycles. The van der Waals surface area contributed by atoms with Crippen LogP contribution in [0, 0.1) is 11.8 Å². The van der Waals surface area contributed by atoms with Crippen molar-refractivity contribution in [3.05, 3.63) is 0 Å². The van der Waals surface area contributed by atoms with Gasteiger partial charge in [0.05, 0.1) is 18.8 Å². The van der Waals surface area contributed by atoms with Crippen LogP contribution < -0.4 is 5.32 Å². The van der Waals surface area contributed by atoms with Crippen molar-refractivity contribution < 1.29 is 19.0 Å². The van der Waals surface area contributed by atoms with E-state index in [2.05, 4.69) is 19.2 Å². The second-order valence-corrected chi connectivity index (χ2v) is 6.34. The molecule has 0 aromatic carbocycles. The molecule has 2 saturated carbocycles. The highest BCUT2D eigenvalue weighted by Gasteiger charge is 2.31. The molecular formula is C15H27NO4. The number of nitrogens with one attached hydrogen (secondary N) is 1. The van der Waals surface area contributed by atoms with E-state index in [0.717, 1.165) is 37.5 Å². The lowest BCUT2D eigenvalue weighted by atomic mass is 9.84. The van der Waals surface area contributed by atoms with Gasteiger partial charge < -0.3 is 19.5 Å². The molecule has 116 valence electrons. The Morgan fingerprint density at radius 3 is 2.25 bits per heavy atom. The number of alkyl carbamates (subject to hydrolysis) is 1. The van der Waals surface area contributed by atoms with E-state index in [1.165, 1.54) is 0 Å². The fourth-order valence-corrected chi connectivity index (χ4v) is 2.79. The maximum Gasteiger partial charge on any atom is 0.406 e. The van der Waals surface area contributed by atoms with Crippen LogP contribution in [0.4, 0.5) is 4.79 Å². The molecule has 0 saturated heterocycles. The van der Waals surface area contributed by atoms with Gasteiger partial charge in [-0.15, -0.1) is 0 Å². The van der Waals surface area contributed by atoms with E-state index in [4.69, 9.17) is 14.2 Å². The van der Waals surface area contributed by atoms with Crippen molar-refractivity contribution in [2.24, 2.45) is 11.8 Å². The van der Waals surface area contributed by atoms with Gasteiger partial charge in [0, 0.05) is 7.05 Å². The van der Waals surface area contributed by atoms with Crippen LogP contribution in [0.15, 0.2) is 0 Å². The highest BCUT2D eigenvalue weighted by molar-refractivity contribution is 5.66. The van der Waals surface area contributed by atoms with Crippen LogP contribution in [0.5, 0.6) is 0 Å². The summed E-state index contributed by atoms with van der Waals surface area (Å²) in [7, 11) is 1.55. The summed E-state index contributed by atoms with van der Waals surface area (Å²) >= 11 is 0. The van der Waals surface area contributed by atoms with E-state index in [1.54, 1.807) is 7.05 Å². The Morgan fingerprint density at radius 2 is 1.70 bits per heavy atom. The second kappa shape index (κ2) is 7.27. The van der Waals surface area contributed by atoms with Gasteiger partial charge in [0.25, 0.3) is 0 Å². The smallest absolute Gasteiger partial charge is 0.406 e. The van der Waals surface area contributed by atoms with Gasteiger partial charge in [-0.1, -0.05) is 13.8 Å². The Bertz CT molecular complexity index is 311. The number of rotatable bonds is 7. The number of hydrogen-bond acceptors (Lipinski definition) is 4. The van der Waals surface area contributed by atoms with Gasteiger partial charge in [-0.05, 0) is 37.5 Å². The molecule has 5 nitrogen and oxygen atoms in total. The summed E-state index contributed by atoms with van der Waals surface area (Å²) in [6.07, 6.45) is 4.53. The predicted octanol–water partition coefficient (Wildman–Crippen LogP) is 2.34. The summed E-state index contributed by atoms with van der Waals surface area (Å²) in [6.45, 7) is 5.23. The highest BCUT2D eigenvalue weighted by Crippen LogP contribution is 2.31. The molecule has 1 amide bonds. The van der Waals surface area contributed by atoms with Crippen LogP contribution in [-0.2, 0) is 14.2 Å². The summed E-state index contributed by atoms with van der Waals surface area (Å²) in [4.78, 5) is 11.2. The minimum atomic E-state index is -0.419. The Balaban J connectivity index is 1.69. The van der Waals surface area contributed by atoms with Crippen molar-refractivity contribution in [3.63, 3.8) is 0 Å². The molecule has 20 heavy (non-hydrogen) atoms. The highest BCUT2D eigenvalue weighted by atomic mass is 16.6. The quantitative estimate of drug-likeness (QED) is 0.780. The second-order valence-electron chi connectivity index (χ2n) is 6.34. The lowest BCUT2D eigenvalue weighted by Crippen LogP contribution is -2.40. The summed E-state index contributed by atoms with van der Waals surface area (Å²) in [5.41, 5.74) is 0. The predicted molar refractivity (Wildman–Crippen MR) is 75.6 cm³/mol. The third-order valence-corrected chi connectivity index (χ3v) is 4.17. The molecule has 5 heteroatoms. The first-order chi connectivity index (χ1) is 9.56. The van der Waals surface area contributed by atoms with E-state index in [1.807, 2.05) is 0 Å². The monoisotopic (exact) mass is 285 g/mol. The van der Waals surface area contributed by atoms with Crippen molar-refractivity contribution in [1.29, 1.82) is 0 Å². The molecule has 2 aliphatic rings. The number of ether oxygens (including phenoxy) is 3. The minimum absolute atomic E-state index is 0.152. The van der Waals surface area contributed by atoms with Crippen molar-refractivity contribution in [2.45, 2.75) is 57.8 Å². The van der Waals surface area contributed by atoms with E-state index in [9.17, 15) is 4.79 Å². The lowest BCUT2D eigenvalue weighted by Gasteiger charge is -2.37. The summed E-state index contributed by atoms with van der Waals surface area (Å²) in [5.74, 6) is 1.52. The van der Waals surface area contributed by atoms with Gasteiger partial charge in [-0.2, -0.15) is 0 Å². The molecular weight excluding hydrogens is 258 g/mol. The van der Waals surface area contributed by atoms with Crippen molar-refractivity contribution in [3.8, 4) is 0 Å². The molecule has 0 aliphatic heterocycles. The molecule has 0 bridgehead atoms. The zero-order valence-electron chi connectivity index (χ0n) is 12.8. The zero-order valence-corrected chi connectivity index (χ0v) is 12.8. The Labute approximate surface area is 121 Å². The maximum absolute atomic E-state index is 11.2. The van der Waals surface area contributed by atoms with Crippen LogP contribution >= 0.6 is 0 Å². The van der Waals surface area contributed by atoms with Gasteiger partial charge in [0.1, 0.15) is 12.7 Å². The number of carbonyl (C=O) groups excluding carboxylic acids is 1. The normalized spacial score (nSPS) is 33.8. The van der Waals surface area contributed by atoms with Gasteiger partial charge >= 0.3 is 6.09 Å². The fourth-order valence-electron chi connectivity index (χ4n) is 2.79. The molecule has 0 heterocycles. The van der Waals surface area contributed by atoms with E-state index >= 15 is 0 Å². The summed E-state index contributed by atoms with van der Waals surface area (Å²) < 4.78 is 16.9. The molecule has 0 radical (unpaired) electrons. The summed E-state index contributed by atoms with van der Waals surface area (Å²) in [6, 6.07) is 0. The number of amides is 1. The van der Waals surface area contributed by atoms with Crippen LogP contribution in [0.25, 0.3) is 0 Å². The first-order valence-corrected chi connectivity index (χ1v) is 7.68. The standard InChI is InChI=1S/C15H27NO4/c1-10-4-12(5-10)18-8-14(9-19-15(17)16-3)20-13-6-11(2)7-13/h10-14H,4-9H2,1-3H3,(H,16,17). The van der Waals surface area contributed by atoms with Crippen molar-refractivity contribution in [2.75, 3.05) is 20.3 Å². The third-order valence-electron chi connectivity index (χ3n) is 4.17. The SMILES string of the molecule is CNC(=O)OCC(COC1CC(C)C1)OC1CC(C)C1. The molecule has 1 unspecified atom stereocenters. The molecule has 2 fully saturated rings. The van der Waals surface area contributed by atoms with E-state index in [-0.39, 0.29) is 12.7 Å². The van der Waals surface area contributed by atoms with Gasteiger partial charge in [0.2, 0.25) is 0 Å². The maximum atomic E-state index is 11.2. The van der Waals surface area contributed by atoms with Crippen LogP contribution in [0.3, 0.4) is 0 Å². The van der Waals surface area contributed by atoms with Crippen LogP contribution in [0.2, 0.25) is 0 Å². The van der Waals surface area contributed by atoms with Crippen LogP contribution in [0.1, 0.15) is 39.5 Å². The Hall–Kier alpha value is -0.810. The molecule has 0 aromatic rings. The Morgan fingerprint density at radius 1 is 1.10 bits per heavy atom. The third kappa shape index (κ3) is 4.63. The lowest BCUT2D eigenvalue weighted by molar-refractivity contribution is -0.136. The molecule has 1 atom stereocenters. The summed E-state index contributed by atoms with van der Waals surface area (Å²) in [5, 5.41) is 2.44. The molecule has 2 rings (SSSR count). The van der Waals surface area contributed by atoms with E-state index in [0.29, 0.717) is 18.8 Å². The molecule has 2 aliphatic carbocycles. The zero-order chi connectivity index (χ0) is 14.5. The van der Waals surface area contributed by atoms with Crippen LogP contribution in [-0.4, -0.2) is 44.7 Å². The van der Waals surface area contributed by atoms with Crippen molar-refractivity contribution >= 4 is 6.09 Å².